The molecule has 6 N–H and O–H groups in total. The van der Waals surface area contributed by atoms with Crippen molar-refractivity contribution in [3.8, 4) is 11.5 Å². The lowest BCUT2D eigenvalue weighted by molar-refractivity contribution is -0.146. The van der Waals surface area contributed by atoms with E-state index in [1.807, 2.05) is 90.6 Å². The number of carbonyl (C=O) groups is 4. The normalized spacial score (nSPS) is 18.3. The van der Waals surface area contributed by atoms with Crippen LogP contribution in [-0.2, 0) is 32.0 Å². The summed E-state index contributed by atoms with van der Waals surface area (Å²) in [4.78, 5) is 67.9. The first-order chi connectivity index (χ1) is 31.6. The molecule has 0 aliphatic carbocycles. The van der Waals surface area contributed by atoms with Gasteiger partial charge in [-0.25, -0.2) is 9.97 Å². The Morgan fingerprint density at radius 1 is 0.636 bits per heavy atom. The number of nitrogens with zero attached hydrogens (tertiary/aromatic N) is 6. The number of anilines is 4. The molecule has 4 heterocycles. The summed E-state index contributed by atoms with van der Waals surface area (Å²) in [6.45, 7) is 12.0. The number of nitrogens with two attached hydrogens (primary N) is 2. The molecule has 356 valence electrons. The smallest absolute Gasteiger partial charge is 0.313 e. The fourth-order valence-electron chi connectivity index (χ4n) is 8.14. The fraction of sp³-hybridized carbons (Fsp3) is 0.480. The monoisotopic (exact) mass is 907 g/mol. The molecule has 2 saturated heterocycles. The number of benzene rings is 2. The number of amides is 4. The number of ether oxygens (including phenoxy) is 2. The number of likely N-dealkylation sites (tertiary alicyclic amines) is 2. The van der Waals surface area contributed by atoms with Crippen LogP contribution in [-0.4, -0.2) is 121 Å². The number of aromatic nitrogens is 2. The molecule has 2 aromatic heterocycles. The van der Waals surface area contributed by atoms with E-state index < -0.39 is 23.6 Å². The Morgan fingerprint density at radius 3 is 1.39 bits per heavy atom. The van der Waals surface area contributed by atoms with Crippen LogP contribution in [0.25, 0.3) is 0 Å². The van der Waals surface area contributed by atoms with E-state index in [-0.39, 0.29) is 12.1 Å². The molecule has 16 nitrogen and oxygen atoms in total. The van der Waals surface area contributed by atoms with Crippen molar-refractivity contribution in [1.29, 1.82) is 0 Å². The SMILES string of the molecule is CCc1cc(NC(=O)C(=O)N2C[C@@H](C)CC[C@@H]2c2cccc(OCCN(C)C)c2)cnc1N.CCc1cc(NC(=O)C(=O)N2C[C@@H](C)CC[C@@H]2c2cccc(OCCN(C)C)c2)cnc1N. The van der Waals surface area contributed by atoms with Crippen molar-refractivity contribution < 1.29 is 28.7 Å². The summed E-state index contributed by atoms with van der Waals surface area (Å²) < 4.78 is 11.8. The van der Waals surface area contributed by atoms with E-state index in [1.165, 1.54) is 12.4 Å². The summed E-state index contributed by atoms with van der Waals surface area (Å²) in [5, 5.41) is 5.40. The van der Waals surface area contributed by atoms with Crippen molar-refractivity contribution in [1.82, 2.24) is 29.6 Å². The average molecular weight is 907 g/mol. The van der Waals surface area contributed by atoms with Crippen LogP contribution in [0.2, 0.25) is 0 Å². The third-order valence-corrected chi connectivity index (χ3v) is 11.9. The first-order valence-corrected chi connectivity index (χ1v) is 23.0. The maximum absolute atomic E-state index is 13.2. The van der Waals surface area contributed by atoms with Gasteiger partial charge in [-0.2, -0.15) is 0 Å². The van der Waals surface area contributed by atoms with Gasteiger partial charge in [-0.1, -0.05) is 52.0 Å². The van der Waals surface area contributed by atoms with Crippen molar-refractivity contribution in [3.63, 3.8) is 0 Å². The predicted octanol–water partition coefficient (Wildman–Crippen LogP) is 6.21. The van der Waals surface area contributed by atoms with E-state index in [1.54, 1.807) is 21.9 Å². The van der Waals surface area contributed by atoms with Gasteiger partial charge in [0.1, 0.15) is 36.3 Å². The standard InChI is InChI=1S/2C25H35N5O3/c2*1-5-18-13-20(15-27-23(18)26)28-24(31)25(32)30-16-17(2)9-10-22(30)19-7-6-8-21(14-19)33-12-11-29(3)4/h2*6-8,13-15,17,22H,5,9-12,16H2,1-4H3,(H2,26,27)(H,28,31)/t2*17-,22+/m00/s1. The molecular weight excluding hydrogens is 837 g/mol. The lowest BCUT2D eigenvalue weighted by Crippen LogP contribution is -2.46. The lowest BCUT2D eigenvalue weighted by Gasteiger charge is -2.38. The van der Waals surface area contributed by atoms with E-state index in [0.29, 0.717) is 74.0 Å². The zero-order valence-electron chi connectivity index (χ0n) is 40.0. The van der Waals surface area contributed by atoms with Crippen molar-refractivity contribution >= 4 is 46.6 Å². The highest BCUT2D eigenvalue weighted by Crippen LogP contribution is 2.36. The van der Waals surface area contributed by atoms with Gasteiger partial charge in [0, 0.05) is 26.2 Å². The molecule has 2 fully saturated rings. The van der Waals surface area contributed by atoms with Gasteiger partial charge in [-0.15, -0.1) is 0 Å². The van der Waals surface area contributed by atoms with Crippen molar-refractivity contribution in [2.75, 3.05) is 89.7 Å². The van der Waals surface area contributed by atoms with Crippen LogP contribution in [0.15, 0.2) is 73.1 Å². The maximum Gasteiger partial charge on any atom is 0.313 e. The van der Waals surface area contributed by atoms with Gasteiger partial charge in [0.15, 0.2) is 0 Å². The van der Waals surface area contributed by atoms with Gasteiger partial charge in [0.25, 0.3) is 0 Å². The molecule has 16 heteroatoms. The van der Waals surface area contributed by atoms with E-state index in [9.17, 15) is 19.2 Å². The average Bonchev–Trinajstić information content (AvgIpc) is 3.29. The van der Waals surface area contributed by atoms with Crippen LogP contribution in [0, 0.1) is 11.8 Å². The topological polar surface area (TPSA) is 202 Å². The Labute approximate surface area is 390 Å². The highest BCUT2D eigenvalue weighted by atomic mass is 16.5. The zero-order valence-corrected chi connectivity index (χ0v) is 40.0. The number of nitrogen functional groups attached to an aromatic ring is 2. The van der Waals surface area contributed by atoms with E-state index in [4.69, 9.17) is 20.9 Å². The molecule has 4 amide bonds. The number of hydrogen-bond acceptors (Lipinski definition) is 12. The molecule has 66 heavy (non-hydrogen) atoms. The molecule has 6 rings (SSSR count). The molecule has 2 aliphatic heterocycles. The quantitative estimate of drug-likeness (QED) is 0.104. The Bertz CT molecular complexity index is 2110. The summed E-state index contributed by atoms with van der Waals surface area (Å²) in [5.74, 6) is 0.626. The fourth-order valence-corrected chi connectivity index (χ4v) is 8.14. The molecule has 4 atom stereocenters. The van der Waals surface area contributed by atoms with Crippen molar-refractivity contribution in [3.05, 3.63) is 95.3 Å². The number of nitrogens with one attached hydrogen (secondary N) is 2. The minimum absolute atomic E-state index is 0.174. The largest absolute Gasteiger partial charge is 0.492 e. The predicted molar refractivity (Wildman–Crippen MR) is 260 cm³/mol. The Balaban J connectivity index is 0.000000247. The molecule has 0 spiro atoms. The second-order valence-electron chi connectivity index (χ2n) is 17.9. The lowest BCUT2D eigenvalue weighted by atomic mass is 9.89. The number of piperidine rings is 2. The number of pyridine rings is 2. The van der Waals surface area contributed by atoms with Gasteiger partial charge in [-0.05, 0) is 137 Å². The maximum atomic E-state index is 13.2. The second-order valence-corrected chi connectivity index (χ2v) is 17.9. The van der Waals surface area contributed by atoms with Crippen LogP contribution in [0.1, 0.15) is 87.7 Å². The van der Waals surface area contributed by atoms with E-state index >= 15 is 0 Å². The molecule has 2 aromatic carbocycles. The molecule has 2 aliphatic rings. The third kappa shape index (κ3) is 14.4. The number of likely N-dealkylation sites (N-methyl/N-ethyl adjacent to an activating group) is 2. The van der Waals surface area contributed by atoms with E-state index in [0.717, 1.165) is 72.5 Å². The Kier molecular flexibility index (Phi) is 18.7. The summed E-state index contributed by atoms with van der Waals surface area (Å²) >= 11 is 0. The zero-order chi connectivity index (χ0) is 47.9. The van der Waals surface area contributed by atoms with Crippen molar-refractivity contribution in [2.45, 2.75) is 78.3 Å². The molecule has 0 unspecified atom stereocenters. The summed E-state index contributed by atoms with van der Waals surface area (Å²) in [6.07, 6.45) is 7.90. The number of carbonyl (C=O) groups excluding carboxylic acids is 4. The van der Waals surface area contributed by atoms with Gasteiger partial charge in [-0.3, -0.25) is 19.2 Å². The highest BCUT2D eigenvalue weighted by molar-refractivity contribution is 6.40. The van der Waals surface area contributed by atoms with Gasteiger partial charge >= 0.3 is 23.6 Å². The number of hydrogen-bond donors (Lipinski definition) is 4. The minimum Gasteiger partial charge on any atom is -0.492 e. The van der Waals surface area contributed by atoms with Gasteiger partial charge in [0.05, 0.1) is 35.9 Å². The second kappa shape index (κ2) is 24.3. The number of aryl methyl sites for hydroxylation is 2. The molecule has 0 bridgehead atoms. The van der Waals surface area contributed by atoms with Crippen LogP contribution in [0.4, 0.5) is 23.0 Å². The summed E-state index contributed by atoms with van der Waals surface area (Å²) in [7, 11) is 8.00. The highest BCUT2D eigenvalue weighted by Gasteiger charge is 2.36. The van der Waals surface area contributed by atoms with Gasteiger partial charge < -0.3 is 51.2 Å². The van der Waals surface area contributed by atoms with Gasteiger partial charge in [0.2, 0.25) is 0 Å². The van der Waals surface area contributed by atoms with Crippen LogP contribution < -0.4 is 31.6 Å². The number of rotatable bonds is 14. The van der Waals surface area contributed by atoms with Crippen LogP contribution in [0.3, 0.4) is 0 Å². The summed E-state index contributed by atoms with van der Waals surface area (Å²) in [5.41, 5.74) is 16.3. The van der Waals surface area contributed by atoms with Crippen molar-refractivity contribution in [2.24, 2.45) is 11.8 Å². The minimum atomic E-state index is -0.666. The molecule has 4 aromatic rings. The molecule has 0 radical (unpaired) electrons. The third-order valence-electron chi connectivity index (χ3n) is 11.9. The van der Waals surface area contributed by atoms with Crippen LogP contribution >= 0.6 is 0 Å². The molecule has 0 saturated carbocycles. The van der Waals surface area contributed by atoms with E-state index in [2.05, 4.69) is 44.2 Å². The first-order valence-electron chi connectivity index (χ1n) is 23.0. The van der Waals surface area contributed by atoms with Crippen LogP contribution in [0.5, 0.6) is 11.5 Å². The summed E-state index contributed by atoms with van der Waals surface area (Å²) in [6, 6.07) is 18.8. The first kappa shape index (κ1) is 50.7. The Hall–Kier alpha value is -6.26. The Morgan fingerprint density at radius 2 is 1.03 bits per heavy atom. The molecular formula is C50H70N10O6.